The lowest BCUT2D eigenvalue weighted by atomic mass is 10.2. The molecule has 0 aliphatic carbocycles. The quantitative estimate of drug-likeness (QED) is 0.761. The number of nitrogen functional groups attached to an aromatic ring is 1. The number of amides is 1. The SMILES string of the molecule is Cc1csc(C(=O)NC(C)C)c1N. The topological polar surface area (TPSA) is 55.1 Å². The third-order valence-electron chi connectivity index (χ3n) is 1.65. The molecule has 1 aromatic heterocycles. The molecular formula is C9H14N2OS. The Balaban J connectivity index is 2.83. The van der Waals surface area contributed by atoms with Crippen LogP contribution in [0.3, 0.4) is 0 Å². The van der Waals surface area contributed by atoms with E-state index in [1.165, 1.54) is 11.3 Å². The Morgan fingerprint density at radius 3 is 2.62 bits per heavy atom. The molecule has 0 radical (unpaired) electrons. The molecule has 0 saturated carbocycles. The number of hydrogen-bond donors (Lipinski definition) is 2. The van der Waals surface area contributed by atoms with Gasteiger partial charge in [0, 0.05) is 6.04 Å². The lowest BCUT2D eigenvalue weighted by molar-refractivity contribution is 0.0948. The fraction of sp³-hybridized carbons (Fsp3) is 0.444. The fourth-order valence-electron chi connectivity index (χ4n) is 0.957. The van der Waals surface area contributed by atoms with Gasteiger partial charge in [0.25, 0.3) is 5.91 Å². The van der Waals surface area contributed by atoms with Gasteiger partial charge in [0.15, 0.2) is 0 Å². The maximum atomic E-state index is 11.5. The molecule has 0 aliphatic rings. The lowest BCUT2D eigenvalue weighted by Crippen LogP contribution is -2.29. The van der Waals surface area contributed by atoms with Gasteiger partial charge < -0.3 is 11.1 Å². The highest BCUT2D eigenvalue weighted by Crippen LogP contribution is 2.23. The number of anilines is 1. The molecule has 0 saturated heterocycles. The molecule has 0 spiro atoms. The number of nitrogens with one attached hydrogen (secondary N) is 1. The second kappa shape index (κ2) is 3.79. The summed E-state index contributed by atoms with van der Waals surface area (Å²) in [7, 11) is 0. The molecule has 1 rings (SSSR count). The summed E-state index contributed by atoms with van der Waals surface area (Å²) in [6.07, 6.45) is 0. The van der Waals surface area contributed by atoms with E-state index >= 15 is 0 Å². The van der Waals surface area contributed by atoms with Gasteiger partial charge >= 0.3 is 0 Å². The van der Waals surface area contributed by atoms with Crippen molar-refractivity contribution in [1.82, 2.24) is 5.32 Å². The highest BCUT2D eigenvalue weighted by atomic mass is 32.1. The van der Waals surface area contributed by atoms with Crippen molar-refractivity contribution in [3.05, 3.63) is 15.8 Å². The molecule has 3 nitrogen and oxygen atoms in total. The maximum absolute atomic E-state index is 11.5. The van der Waals surface area contributed by atoms with E-state index in [9.17, 15) is 4.79 Å². The lowest BCUT2D eigenvalue weighted by Gasteiger charge is -2.07. The van der Waals surface area contributed by atoms with Crippen LogP contribution in [-0.4, -0.2) is 11.9 Å². The van der Waals surface area contributed by atoms with Crippen LogP contribution in [0.4, 0.5) is 5.69 Å². The van der Waals surface area contributed by atoms with Gasteiger partial charge in [-0.15, -0.1) is 11.3 Å². The average molecular weight is 198 g/mol. The highest BCUT2D eigenvalue weighted by molar-refractivity contribution is 7.12. The van der Waals surface area contributed by atoms with Crippen molar-refractivity contribution in [2.45, 2.75) is 26.8 Å². The van der Waals surface area contributed by atoms with Gasteiger partial charge in [0.1, 0.15) is 4.88 Å². The number of carbonyl (C=O) groups excluding carboxylic acids is 1. The summed E-state index contributed by atoms with van der Waals surface area (Å²) in [5, 5.41) is 4.70. The molecule has 0 atom stereocenters. The Morgan fingerprint density at radius 1 is 1.62 bits per heavy atom. The predicted molar refractivity (Wildman–Crippen MR) is 56.1 cm³/mol. The van der Waals surface area contributed by atoms with Gasteiger partial charge in [-0.2, -0.15) is 0 Å². The molecule has 13 heavy (non-hydrogen) atoms. The van der Waals surface area contributed by atoms with Crippen molar-refractivity contribution in [1.29, 1.82) is 0 Å². The zero-order chi connectivity index (χ0) is 10.0. The Hall–Kier alpha value is -1.03. The molecule has 0 bridgehead atoms. The van der Waals surface area contributed by atoms with Crippen LogP contribution in [0, 0.1) is 6.92 Å². The van der Waals surface area contributed by atoms with Crippen LogP contribution >= 0.6 is 11.3 Å². The number of aryl methyl sites for hydroxylation is 1. The third-order valence-corrected chi connectivity index (χ3v) is 2.76. The standard InChI is InChI=1S/C9H14N2OS/c1-5(2)11-9(12)8-7(10)6(3)4-13-8/h4-5H,10H2,1-3H3,(H,11,12). The van der Waals surface area contributed by atoms with Crippen LogP contribution in [0.15, 0.2) is 5.38 Å². The van der Waals surface area contributed by atoms with Gasteiger partial charge in [-0.25, -0.2) is 0 Å². The molecule has 1 heterocycles. The highest BCUT2D eigenvalue weighted by Gasteiger charge is 2.13. The minimum absolute atomic E-state index is 0.0781. The van der Waals surface area contributed by atoms with Gasteiger partial charge in [0.05, 0.1) is 5.69 Å². The van der Waals surface area contributed by atoms with Crippen LogP contribution in [0.5, 0.6) is 0 Å². The zero-order valence-electron chi connectivity index (χ0n) is 8.05. The molecule has 0 unspecified atom stereocenters. The van der Waals surface area contributed by atoms with Crippen molar-refractivity contribution >= 4 is 22.9 Å². The van der Waals surface area contributed by atoms with E-state index in [0.29, 0.717) is 10.6 Å². The van der Waals surface area contributed by atoms with Crippen LogP contribution in [0.25, 0.3) is 0 Å². The number of rotatable bonds is 2. The van der Waals surface area contributed by atoms with E-state index in [2.05, 4.69) is 5.32 Å². The van der Waals surface area contributed by atoms with E-state index in [4.69, 9.17) is 5.73 Å². The minimum Gasteiger partial charge on any atom is -0.397 e. The van der Waals surface area contributed by atoms with Crippen molar-refractivity contribution in [3.8, 4) is 0 Å². The summed E-state index contributed by atoms with van der Waals surface area (Å²) in [5.74, 6) is -0.0781. The van der Waals surface area contributed by atoms with Crippen molar-refractivity contribution in [3.63, 3.8) is 0 Å². The molecule has 0 aliphatic heterocycles. The normalized spacial score (nSPS) is 10.5. The number of carbonyl (C=O) groups is 1. The van der Waals surface area contributed by atoms with Crippen molar-refractivity contribution < 1.29 is 4.79 Å². The first-order valence-electron chi connectivity index (χ1n) is 4.16. The van der Waals surface area contributed by atoms with E-state index in [1.807, 2.05) is 26.2 Å². The number of hydrogen-bond acceptors (Lipinski definition) is 3. The summed E-state index contributed by atoms with van der Waals surface area (Å²) < 4.78 is 0. The molecule has 3 N–H and O–H groups in total. The molecule has 1 aromatic rings. The zero-order valence-corrected chi connectivity index (χ0v) is 8.87. The second-order valence-corrected chi connectivity index (χ2v) is 4.17. The second-order valence-electron chi connectivity index (χ2n) is 3.29. The molecule has 1 amide bonds. The van der Waals surface area contributed by atoms with E-state index in [-0.39, 0.29) is 11.9 Å². The largest absolute Gasteiger partial charge is 0.397 e. The molecule has 0 fully saturated rings. The van der Waals surface area contributed by atoms with E-state index in [0.717, 1.165) is 5.56 Å². The van der Waals surface area contributed by atoms with Crippen LogP contribution in [-0.2, 0) is 0 Å². The molecule has 0 aromatic carbocycles. The Kier molecular flexibility index (Phi) is 2.93. The molecule has 4 heteroatoms. The Bertz CT molecular complexity index is 317. The fourth-order valence-corrected chi connectivity index (χ4v) is 1.83. The predicted octanol–water partition coefficient (Wildman–Crippen LogP) is 1.78. The number of nitrogens with two attached hydrogens (primary N) is 1. The Labute approximate surface area is 81.9 Å². The summed E-state index contributed by atoms with van der Waals surface area (Å²) in [6.45, 7) is 5.75. The monoisotopic (exact) mass is 198 g/mol. The van der Waals surface area contributed by atoms with Crippen LogP contribution < -0.4 is 11.1 Å². The van der Waals surface area contributed by atoms with Crippen LogP contribution in [0.1, 0.15) is 29.1 Å². The van der Waals surface area contributed by atoms with E-state index < -0.39 is 0 Å². The van der Waals surface area contributed by atoms with Crippen molar-refractivity contribution in [2.24, 2.45) is 0 Å². The van der Waals surface area contributed by atoms with Gasteiger partial charge in [-0.05, 0) is 31.7 Å². The van der Waals surface area contributed by atoms with Gasteiger partial charge in [-0.1, -0.05) is 0 Å². The average Bonchev–Trinajstić information content (AvgIpc) is 2.31. The molecule has 72 valence electrons. The maximum Gasteiger partial charge on any atom is 0.263 e. The first-order chi connectivity index (χ1) is 6.02. The molecular weight excluding hydrogens is 184 g/mol. The first kappa shape index (κ1) is 10.1. The summed E-state index contributed by atoms with van der Waals surface area (Å²) in [4.78, 5) is 12.1. The summed E-state index contributed by atoms with van der Waals surface area (Å²) in [5.41, 5.74) is 7.30. The van der Waals surface area contributed by atoms with Crippen LogP contribution in [0.2, 0.25) is 0 Å². The number of thiophene rings is 1. The minimum atomic E-state index is -0.0781. The summed E-state index contributed by atoms with van der Waals surface area (Å²) >= 11 is 1.39. The van der Waals surface area contributed by atoms with Crippen molar-refractivity contribution in [2.75, 3.05) is 5.73 Å². The van der Waals surface area contributed by atoms with Gasteiger partial charge in [0.2, 0.25) is 0 Å². The smallest absolute Gasteiger partial charge is 0.263 e. The Morgan fingerprint density at radius 2 is 2.23 bits per heavy atom. The van der Waals surface area contributed by atoms with E-state index in [1.54, 1.807) is 0 Å². The van der Waals surface area contributed by atoms with Gasteiger partial charge in [-0.3, -0.25) is 4.79 Å². The summed E-state index contributed by atoms with van der Waals surface area (Å²) in [6, 6.07) is 0.148. The first-order valence-corrected chi connectivity index (χ1v) is 5.04. The third kappa shape index (κ3) is 2.21.